The second-order valence-electron chi connectivity index (χ2n) is 4.13. The third-order valence-electron chi connectivity index (χ3n) is 2.70. The second-order valence-corrected chi connectivity index (χ2v) is 4.54. The molecule has 0 heterocycles. The topological polar surface area (TPSA) is 9.23 Å². The van der Waals surface area contributed by atoms with Gasteiger partial charge in [0.1, 0.15) is 18.2 Å². The molecule has 1 nitrogen and oxygen atoms in total. The summed E-state index contributed by atoms with van der Waals surface area (Å²) < 4.78 is 56.0. The van der Waals surface area contributed by atoms with Crippen LogP contribution in [0.25, 0.3) is 0 Å². The third-order valence-corrected chi connectivity index (χ3v) is 3.06. The largest absolute Gasteiger partial charge is 1.00 e. The van der Waals surface area contributed by atoms with Crippen molar-refractivity contribution in [3.63, 3.8) is 0 Å². The quantitative estimate of drug-likeness (QED) is 0.598. The van der Waals surface area contributed by atoms with Crippen molar-refractivity contribution in [2.24, 2.45) is 0 Å². The van der Waals surface area contributed by atoms with E-state index >= 15 is 0 Å². The van der Waals surface area contributed by atoms with E-state index in [4.69, 9.17) is 16.3 Å². The van der Waals surface area contributed by atoms with Crippen LogP contribution in [-0.4, -0.2) is 6.98 Å². The Bertz CT molecular complexity index is 584. The fourth-order valence-electron chi connectivity index (χ4n) is 1.61. The molecule has 106 valence electrons. The summed E-state index contributed by atoms with van der Waals surface area (Å²) in [4.78, 5) is 0. The van der Waals surface area contributed by atoms with Gasteiger partial charge in [0, 0.05) is 5.56 Å². The summed E-state index contributed by atoms with van der Waals surface area (Å²) >= 11 is 5.81. The van der Waals surface area contributed by atoms with Crippen LogP contribution in [0.4, 0.5) is 17.3 Å². The Morgan fingerprint density at radius 3 is 2.14 bits per heavy atom. The number of benzene rings is 2. The van der Waals surface area contributed by atoms with Gasteiger partial charge in [0.25, 0.3) is 0 Å². The summed E-state index contributed by atoms with van der Waals surface area (Å²) in [7, 11) is 0. The second kappa shape index (κ2) is 7.99. The third kappa shape index (κ3) is 5.26. The maximum Gasteiger partial charge on any atom is 1.00 e. The Balaban J connectivity index is 0.00000220. The molecule has 21 heavy (non-hydrogen) atoms. The van der Waals surface area contributed by atoms with Crippen molar-refractivity contribution < 1.29 is 73.5 Å². The number of rotatable bonds is 4. The Morgan fingerprint density at radius 2 is 1.62 bits per heavy atom. The molecule has 2 aromatic carbocycles. The molecule has 0 saturated carbocycles. The molecule has 2 aromatic rings. The average molecular weight is 343 g/mol. The van der Waals surface area contributed by atoms with Gasteiger partial charge in [-0.1, -0.05) is 29.8 Å². The molecule has 0 saturated heterocycles. The molecule has 0 bridgehead atoms. The number of hydrogen-bond donors (Lipinski definition) is 0. The molecule has 0 fully saturated rings. The van der Waals surface area contributed by atoms with Crippen molar-refractivity contribution in [2.75, 3.05) is 0 Å². The molecule has 2 rings (SSSR count). The monoisotopic (exact) mass is 342 g/mol. The molecule has 0 aliphatic heterocycles. The van der Waals surface area contributed by atoms with Gasteiger partial charge < -0.3 is 17.7 Å². The van der Waals surface area contributed by atoms with Crippen LogP contribution in [0, 0.1) is 5.82 Å². The van der Waals surface area contributed by atoms with Crippen LogP contribution in [0.3, 0.4) is 0 Å². The van der Waals surface area contributed by atoms with E-state index in [1.165, 1.54) is 30.3 Å². The molecule has 0 atom stereocenters. The normalized spacial score (nSPS) is 10.9. The van der Waals surface area contributed by atoms with E-state index < -0.39 is 18.3 Å². The zero-order valence-corrected chi connectivity index (χ0v) is 15.0. The first kappa shape index (κ1) is 19.0. The van der Waals surface area contributed by atoms with Crippen molar-refractivity contribution in [1.29, 1.82) is 0 Å². The van der Waals surface area contributed by atoms with Gasteiger partial charge >= 0.3 is 58.4 Å². The van der Waals surface area contributed by atoms with Crippen molar-refractivity contribution in [2.45, 2.75) is 6.61 Å². The van der Waals surface area contributed by atoms with Crippen LogP contribution in [0.1, 0.15) is 5.56 Å². The SMILES string of the molecule is Fc1cccc(Cl)c1COc1ccc([B-](F)(F)F)cc1.[K+]. The van der Waals surface area contributed by atoms with Crippen LogP contribution < -0.4 is 61.6 Å². The zero-order valence-electron chi connectivity index (χ0n) is 11.1. The first-order chi connectivity index (χ1) is 9.38. The van der Waals surface area contributed by atoms with E-state index in [-0.39, 0.29) is 74.3 Å². The maximum atomic E-state index is 13.5. The molecule has 0 aliphatic rings. The van der Waals surface area contributed by atoms with Crippen molar-refractivity contribution in [1.82, 2.24) is 0 Å². The minimum atomic E-state index is -5.03. The van der Waals surface area contributed by atoms with Gasteiger partial charge in [0.2, 0.25) is 0 Å². The predicted octanol–water partition coefficient (Wildman–Crippen LogP) is 1.12. The smallest absolute Gasteiger partial charge is 0.489 e. The van der Waals surface area contributed by atoms with E-state index in [1.54, 1.807) is 0 Å². The Labute approximate surface area is 167 Å². The van der Waals surface area contributed by atoms with Crippen LogP contribution in [0.15, 0.2) is 42.5 Å². The minimum Gasteiger partial charge on any atom is -0.489 e. The summed E-state index contributed by atoms with van der Waals surface area (Å²) in [5.41, 5.74) is -0.542. The first-order valence-electron chi connectivity index (χ1n) is 5.73. The molecule has 0 radical (unpaired) electrons. The maximum absolute atomic E-state index is 13.5. The zero-order chi connectivity index (χ0) is 14.8. The van der Waals surface area contributed by atoms with Crippen LogP contribution in [-0.2, 0) is 6.61 Å². The number of ether oxygens (including phenoxy) is 1. The van der Waals surface area contributed by atoms with Gasteiger partial charge in [-0.3, -0.25) is 0 Å². The van der Waals surface area contributed by atoms with Crippen LogP contribution in [0.5, 0.6) is 5.75 Å². The summed E-state index contributed by atoms with van der Waals surface area (Å²) in [5, 5.41) is 0.209. The molecular weight excluding hydrogens is 333 g/mol. The molecule has 0 spiro atoms. The van der Waals surface area contributed by atoms with E-state index in [0.717, 1.165) is 12.1 Å². The molecule has 0 N–H and O–H groups in total. The first-order valence-corrected chi connectivity index (χ1v) is 6.11. The van der Waals surface area contributed by atoms with Gasteiger partial charge in [-0.05, 0) is 24.3 Å². The Kier molecular flexibility index (Phi) is 7.23. The standard InChI is InChI=1S/C13H9BClF4O.K/c15-12-2-1-3-13(16)11(12)8-20-10-6-4-9(5-7-10)14(17,18)19;/h1-7H,8H2;/q-1;+1. The van der Waals surface area contributed by atoms with E-state index in [0.29, 0.717) is 0 Å². The van der Waals surface area contributed by atoms with Gasteiger partial charge in [0.15, 0.2) is 0 Å². The molecule has 0 aliphatic carbocycles. The van der Waals surface area contributed by atoms with Crippen LogP contribution in [0.2, 0.25) is 5.02 Å². The molecule has 0 unspecified atom stereocenters. The summed E-state index contributed by atoms with van der Waals surface area (Å²) in [5.74, 6) is -0.305. The minimum absolute atomic E-state index is 0. The predicted molar refractivity (Wildman–Crippen MR) is 70.9 cm³/mol. The number of hydrogen-bond acceptors (Lipinski definition) is 1. The Morgan fingerprint density at radius 1 is 1.00 bits per heavy atom. The molecule has 0 amide bonds. The van der Waals surface area contributed by atoms with E-state index in [9.17, 15) is 17.3 Å². The Hall–Kier alpha value is -0.0487. The van der Waals surface area contributed by atoms with Gasteiger partial charge in [-0.15, -0.1) is 5.46 Å². The molecular formula is C13H9BClF4KO. The average Bonchev–Trinajstić information content (AvgIpc) is 2.37. The fraction of sp³-hybridized carbons (Fsp3) is 0.0769. The molecule has 8 heteroatoms. The van der Waals surface area contributed by atoms with Gasteiger partial charge in [0.05, 0.1) is 5.02 Å². The van der Waals surface area contributed by atoms with Crippen molar-refractivity contribution in [3.05, 3.63) is 58.9 Å². The van der Waals surface area contributed by atoms with Crippen molar-refractivity contribution >= 4 is 24.0 Å². The number of halogens is 5. The summed E-state index contributed by atoms with van der Waals surface area (Å²) in [6.07, 6.45) is 0. The van der Waals surface area contributed by atoms with Gasteiger partial charge in [-0.2, -0.15) is 0 Å². The van der Waals surface area contributed by atoms with E-state index in [1.807, 2.05) is 0 Å². The summed E-state index contributed by atoms with van der Waals surface area (Å²) in [6.45, 7) is -5.18. The van der Waals surface area contributed by atoms with Gasteiger partial charge in [-0.25, -0.2) is 4.39 Å². The summed E-state index contributed by atoms with van der Waals surface area (Å²) in [6, 6.07) is 8.45. The fourth-order valence-corrected chi connectivity index (χ4v) is 1.83. The molecule has 0 aromatic heterocycles. The van der Waals surface area contributed by atoms with Crippen LogP contribution >= 0.6 is 11.6 Å². The van der Waals surface area contributed by atoms with Crippen molar-refractivity contribution in [3.8, 4) is 5.75 Å². The van der Waals surface area contributed by atoms with E-state index in [2.05, 4.69) is 0 Å².